The molecule has 1 atom stereocenters. The van der Waals surface area contributed by atoms with E-state index >= 15 is 0 Å². The normalized spacial score (nSPS) is 20.2. The highest BCUT2D eigenvalue weighted by atomic mass is 16.5. The van der Waals surface area contributed by atoms with Crippen molar-refractivity contribution in [1.29, 1.82) is 0 Å². The summed E-state index contributed by atoms with van der Waals surface area (Å²) in [7, 11) is 0. The van der Waals surface area contributed by atoms with Crippen molar-refractivity contribution in [3.05, 3.63) is 36.0 Å². The van der Waals surface area contributed by atoms with E-state index in [9.17, 15) is 5.11 Å². The summed E-state index contributed by atoms with van der Waals surface area (Å²) in [6.07, 6.45) is 4.76. The van der Waals surface area contributed by atoms with Gasteiger partial charge in [0.1, 0.15) is 0 Å². The van der Waals surface area contributed by atoms with E-state index < -0.39 is 0 Å². The van der Waals surface area contributed by atoms with Gasteiger partial charge in [-0.1, -0.05) is 12.1 Å². The smallest absolute Gasteiger partial charge is 0.0754 e. The number of aliphatic hydroxyl groups excluding tert-OH is 1. The van der Waals surface area contributed by atoms with Crippen molar-refractivity contribution >= 4 is 10.9 Å². The second-order valence-corrected chi connectivity index (χ2v) is 4.61. The number of aliphatic hydroxyl groups is 1. The molecule has 1 N–H and O–H groups in total. The van der Waals surface area contributed by atoms with E-state index in [0.29, 0.717) is 6.10 Å². The third-order valence-electron chi connectivity index (χ3n) is 3.50. The molecule has 1 aromatic heterocycles. The first-order valence-electron chi connectivity index (χ1n) is 6.17. The molecule has 0 saturated carbocycles. The summed E-state index contributed by atoms with van der Waals surface area (Å²) in [5.41, 5.74) is 2.18. The van der Waals surface area contributed by atoms with Gasteiger partial charge in [0.25, 0.3) is 0 Å². The molecule has 3 heteroatoms. The first-order valence-corrected chi connectivity index (χ1v) is 6.17. The average Bonchev–Trinajstić information content (AvgIpc) is 2.99. The molecule has 1 saturated heterocycles. The fraction of sp³-hybridized carbons (Fsp3) is 0.429. The maximum absolute atomic E-state index is 9.30. The van der Waals surface area contributed by atoms with Gasteiger partial charge in [-0.05, 0) is 30.5 Å². The van der Waals surface area contributed by atoms with Gasteiger partial charge in [-0.2, -0.15) is 0 Å². The second-order valence-electron chi connectivity index (χ2n) is 4.61. The molecule has 1 aromatic carbocycles. The minimum atomic E-state index is 0.0985. The number of hydrogen-bond acceptors (Lipinski definition) is 2. The van der Waals surface area contributed by atoms with E-state index in [1.54, 1.807) is 0 Å². The van der Waals surface area contributed by atoms with E-state index in [0.717, 1.165) is 30.5 Å². The van der Waals surface area contributed by atoms with Crippen LogP contribution in [-0.4, -0.2) is 22.4 Å². The molecule has 2 aromatic rings. The van der Waals surface area contributed by atoms with Crippen LogP contribution in [0, 0.1) is 0 Å². The lowest BCUT2D eigenvalue weighted by Crippen LogP contribution is -2.13. The van der Waals surface area contributed by atoms with Crippen LogP contribution in [0.5, 0.6) is 0 Å². The lowest BCUT2D eigenvalue weighted by atomic mass is 10.1. The van der Waals surface area contributed by atoms with Crippen molar-refractivity contribution in [2.24, 2.45) is 0 Å². The molecule has 17 heavy (non-hydrogen) atoms. The van der Waals surface area contributed by atoms with Crippen LogP contribution < -0.4 is 0 Å². The monoisotopic (exact) mass is 231 g/mol. The van der Waals surface area contributed by atoms with Gasteiger partial charge in [-0.25, -0.2) is 0 Å². The molecule has 1 aliphatic rings. The van der Waals surface area contributed by atoms with E-state index in [1.807, 2.05) is 12.1 Å². The quantitative estimate of drug-likeness (QED) is 0.879. The van der Waals surface area contributed by atoms with Gasteiger partial charge < -0.3 is 14.4 Å². The zero-order valence-corrected chi connectivity index (χ0v) is 9.80. The fourth-order valence-electron chi connectivity index (χ4n) is 2.59. The number of hydrogen-bond donors (Lipinski definition) is 1. The number of aromatic nitrogens is 1. The lowest BCUT2D eigenvalue weighted by molar-refractivity contribution is 0.0980. The Morgan fingerprint density at radius 3 is 3.06 bits per heavy atom. The van der Waals surface area contributed by atoms with Gasteiger partial charge in [0.15, 0.2) is 0 Å². The first kappa shape index (κ1) is 10.8. The van der Waals surface area contributed by atoms with Gasteiger partial charge in [-0.15, -0.1) is 0 Å². The summed E-state index contributed by atoms with van der Waals surface area (Å²) in [6.45, 7) is 1.91. The highest BCUT2D eigenvalue weighted by Crippen LogP contribution is 2.22. The molecule has 1 aliphatic heterocycles. The summed E-state index contributed by atoms with van der Waals surface area (Å²) in [6, 6.07) is 8.15. The molecule has 3 nitrogen and oxygen atoms in total. The molecule has 90 valence electrons. The van der Waals surface area contributed by atoms with Crippen LogP contribution in [0.1, 0.15) is 18.4 Å². The SMILES string of the molecule is OCc1cccc2c1ccn2CC1CCCO1. The van der Waals surface area contributed by atoms with E-state index in [1.165, 1.54) is 11.9 Å². The molecule has 0 radical (unpaired) electrons. The van der Waals surface area contributed by atoms with Gasteiger partial charge in [0.2, 0.25) is 0 Å². The van der Waals surface area contributed by atoms with Crippen LogP contribution >= 0.6 is 0 Å². The molecule has 0 aliphatic carbocycles. The number of ether oxygens (including phenoxy) is 1. The lowest BCUT2D eigenvalue weighted by Gasteiger charge is -2.12. The minimum Gasteiger partial charge on any atom is -0.392 e. The zero-order valence-electron chi connectivity index (χ0n) is 9.80. The molecule has 0 amide bonds. The third kappa shape index (κ3) is 1.96. The van der Waals surface area contributed by atoms with E-state index in [4.69, 9.17) is 4.74 Å². The Bertz CT molecular complexity index is 512. The Morgan fingerprint density at radius 1 is 1.35 bits per heavy atom. The molecular formula is C14H17NO2. The Morgan fingerprint density at radius 2 is 2.29 bits per heavy atom. The third-order valence-corrected chi connectivity index (χ3v) is 3.50. The van der Waals surface area contributed by atoms with Crippen molar-refractivity contribution in [3.8, 4) is 0 Å². The van der Waals surface area contributed by atoms with Crippen molar-refractivity contribution in [1.82, 2.24) is 4.57 Å². The first-order chi connectivity index (χ1) is 8.38. The van der Waals surface area contributed by atoms with Crippen molar-refractivity contribution in [3.63, 3.8) is 0 Å². The van der Waals surface area contributed by atoms with Gasteiger partial charge >= 0.3 is 0 Å². The van der Waals surface area contributed by atoms with Crippen LogP contribution in [0.4, 0.5) is 0 Å². The second kappa shape index (κ2) is 4.51. The molecule has 1 fully saturated rings. The summed E-state index contributed by atoms with van der Waals surface area (Å²) in [5.74, 6) is 0. The van der Waals surface area contributed by atoms with Gasteiger partial charge in [0, 0.05) is 30.3 Å². The predicted molar refractivity (Wildman–Crippen MR) is 66.8 cm³/mol. The molecular weight excluding hydrogens is 214 g/mol. The maximum atomic E-state index is 9.30. The van der Waals surface area contributed by atoms with Crippen molar-refractivity contribution in [2.45, 2.75) is 32.1 Å². The van der Waals surface area contributed by atoms with Crippen molar-refractivity contribution < 1.29 is 9.84 Å². The van der Waals surface area contributed by atoms with E-state index in [-0.39, 0.29) is 6.61 Å². The standard InChI is InChI=1S/C14H17NO2/c16-10-11-3-1-5-14-13(11)6-7-15(14)9-12-4-2-8-17-12/h1,3,5-7,12,16H,2,4,8-10H2. The van der Waals surface area contributed by atoms with Crippen LogP contribution in [0.3, 0.4) is 0 Å². The molecule has 0 bridgehead atoms. The number of benzene rings is 1. The van der Waals surface area contributed by atoms with Crippen LogP contribution in [0.2, 0.25) is 0 Å². The summed E-state index contributed by atoms with van der Waals surface area (Å²) >= 11 is 0. The number of nitrogens with zero attached hydrogens (tertiary/aromatic N) is 1. The highest BCUT2D eigenvalue weighted by Gasteiger charge is 2.16. The highest BCUT2D eigenvalue weighted by molar-refractivity contribution is 5.83. The number of rotatable bonds is 3. The van der Waals surface area contributed by atoms with Gasteiger partial charge in [0.05, 0.1) is 12.7 Å². The largest absolute Gasteiger partial charge is 0.392 e. The zero-order chi connectivity index (χ0) is 11.7. The molecule has 3 rings (SSSR count). The Balaban J connectivity index is 1.94. The Hall–Kier alpha value is -1.32. The average molecular weight is 231 g/mol. The van der Waals surface area contributed by atoms with Crippen molar-refractivity contribution in [2.75, 3.05) is 6.61 Å². The predicted octanol–water partition coefficient (Wildman–Crippen LogP) is 2.31. The topological polar surface area (TPSA) is 34.4 Å². The minimum absolute atomic E-state index is 0.0985. The molecule has 2 heterocycles. The van der Waals surface area contributed by atoms with Crippen LogP contribution in [0.15, 0.2) is 30.5 Å². The van der Waals surface area contributed by atoms with Crippen LogP contribution in [-0.2, 0) is 17.9 Å². The number of fused-ring (bicyclic) bond motifs is 1. The van der Waals surface area contributed by atoms with E-state index in [2.05, 4.69) is 22.9 Å². The van der Waals surface area contributed by atoms with Crippen LogP contribution in [0.25, 0.3) is 10.9 Å². The molecule has 1 unspecified atom stereocenters. The summed E-state index contributed by atoms with van der Waals surface area (Å²) in [5, 5.41) is 10.4. The summed E-state index contributed by atoms with van der Waals surface area (Å²) < 4.78 is 7.89. The Kier molecular flexibility index (Phi) is 2.87. The Labute approximate surface area is 101 Å². The van der Waals surface area contributed by atoms with Gasteiger partial charge in [-0.3, -0.25) is 0 Å². The maximum Gasteiger partial charge on any atom is 0.0754 e. The fourth-order valence-corrected chi connectivity index (χ4v) is 2.59. The molecule has 0 spiro atoms. The summed E-state index contributed by atoms with van der Waals surface area (Å²) in [4.78, 5) is 0.